The monoisotopic (exact) mass is 545 g/mol. The second kappa shape index (κ2) is 12.4. The predicted molar refractivity (Wildman–Crippen MR) is 164 cm³/mol. The number of nitrogens with zero attached hydrogens (tertiary/aromatic N) is 2. The molecular weight excluding hydrogens is 510 g/mol. The lowest BCUT2D eigenvalue weighted by molar-refractivity contribution is -0.111. The summed E-state index contributed by atoms with van der Waals surface area (Å²) >= 11 is 0. The summed E-state index contributed by atoms with van der Waals surface area (Å²) in [6, 6.07) is 31.1. The Balaban J connectivity index is 0.961. The maximum atomic E-state index is 12.6. The van der Waals surface area contributed by atoms with Gasteiger partial charge in [-0.3, -0.25) is 14.6 Å². The lowest BCUT2D eigenvalue weighted by Gasteiger charge is -2.34. The first-order valence-corrected chi connectivity index (χ1v) is 14.2. The van der Waals surface area contributed by atoms with E-state index in [2.05, 4.69) is 82.7 Å². The maximum absolute atomic E-state index is 12.6. The second-order valence-electron chi connectivity index (χ2n) is 10.8. The Morgan fingerprint density at radius 1 is 0.756 bits per heavy atom. The molecule has 0 aliphatic carbocycles. The van der Waals surface area contributed by atoms with E-state index in [4.69, 9.17) is 9.47 Å². The first kappa shape index (κ1) is 26.8. The van der Waals surface area contributed by atoms with Crippen LogP contribution in [0.2, 0.25) is 0 Å². The van der Waals surface area contributed by atoms with Crippen LogP contribution in [-0.2, 0) is 17.9 Å². The van der Waals surface area contributed by atoms with Gasteiger partial charge >= 0.3 is 0 Å². The molecule has 1 amide bonds. The Morgan fingerprint density at radius 2 is 1.44 bits per heavy atom. The average Bonchev–Trinajstić information content (AvgIpc) is 3.47. The number of carbonyl (C=O) groups is 1. The van der Waals surface area contributed by atoms with Gasteiger partial charge in [-0.2, -0.15) is 0 Å². The van der Waals surface area contributed by atoms with E-state index in [1.165, 1.54) is 22.3 Å². The fourth-order valence-electron chi connectivity index (χ4n) is 5.28. The lowest BCUT2D eigenvalue weighted by Crippen LogP contribution is -2.45. The quantitative estimate of drug-likeness (QED) is 0.261. The van der Waals surface area contributed by atoms with E-state index in [-0.39, 0.29) is 5.91 Å². The first-order valence-electron chi connectivity index (χ1n) is 14.2. The number of aryl methyl sites for hydroxylation is 1. The summed E-state index contributed by atoms with van der Waals surface area (Å²) in [5, 5.41) is 2.98. The molecule has 2 heterocycles. The lowest BCUT2D eigenvalue weighted by atomic mass is 10.0. The van der Waals surface area contributed by atoms with Gasteiger partial charge in [0.25, 0.3) is 0 Å². The highest BCUT2D eigenvalue weighted by Gasteiger charge is 2.19. The molecule has 208 valence electrons. The van der Waals surface area contributed by atoms with Crippen molar-refractivity contribution in [1.29, 1.82) is 0 Å². The zero-order valence-electron chi connectivity index (χ0n) is 23.4. The van der Waals surface area contributed by atoms with Crippen LogP contribution in [0.15, 0.2) is 97.1 Å². The molecule has 0 radical (unpaired) electrons. The Kier molecular flexibility index (Phi) is 8.12. The van der Waals surface area contributed by atoms with E-state index in [9.17, 15) is 4.79 Å². The summed E-state index contributed by atoms with van der Waals surface area (Å²) in [4.78, 5) is 17.5. The molecule has 0 spiro atoms. The van der Waals surface area contributed by atoms with Crippen molar-refractivity contribution < 1.29 is 14.3 Å². The third-order valence-electron chi connectivity index (χ3n) is 7.63. The number of hydrogen-bond acceptors (Lipinski definition) is 5. The number of rotatable bonds is 8. The molecule has 6 nitrogen and oxygen atoms in total. The van der Waals surface area contributed by atoms with Gasteiger partial charge in [-0.05, 0) is 71.1 Å². The number of ether oxygens (including phenoxy) is 2. The number of benzene rings is 4. The molecule has 1 N–H and O–H groups in total. The molecule has 4 aromatic carbocycles. The van der Waals surface area contributed by atoms with Gasteiger partial charge in [-0.15, -0.1) is 0 Å². The number of anilines is 1. The SMILES string of the molecule is Cc1ccc(-c2cccc(/C=C/C(=O)Nc3ccc(CN4CCN(Cc5ccc6c(c5)OCO6)CC4)cc3)c2)cc1. The van der Waals surface area contributed by atoms with Gasteiger partial charge in [0.1, 0.15) is 0 Å². The molecule has 2 aliphatic heterocycles. The van der Waals surface area contributed by atoms with E-state index in [0.717, 1.165) is 67.6 Å². The van der Waals surface area contributed by atoms with E-state index in [0.29, 0.717) is 6.79 Å². The Labute approximate surface area is 241 Å². The van der Waals surface area contributed by atoms with Crippen LogP contribution in [0.4, 0.5) is 5.69 Å². The van der Waals surface area contributed by atoms with E-state index in [1.54, 1.807) is 6.08 Å². The standard InChI is InChI=1S/C35H35N3O3/c1-26-5-11-30(12-6-26)31-4-2-3-27(21-31)10-16-35(39)36-32-13-7-28(8-14-32)23-37-17-19-38(20-18-37)24-29-9-15-33-34(22-29)41-25-40-33/h2-16,21-22H,17-20,23-25H2,1H3,(H,36,39)/b16-10+. The zero-order valence-corrected chi connectivity index (χ0v) is 23.4. The minimum absolute atomic E-state index is 0.142. The van der Waals surface area contributed by atoms with Crippen molar-refractivity contribution in [2.24, 2.45) is 0 Å². The molecule has 41 heavy (non-hydrogen) atoms. The highest BCUT2D eigenvalue weighted by Crippen LogP contribution is 2.33. The number of hydrogen-bond donors (Lipinski definition) is 1. The van der Waals surface area contributed by atoms with Crippen molar-refractivity contribution in [3.63, 3.8) is 0 Å². The van der Waals surface area contributed by atoms with Gasteiger partial charge in [0, 0.05) is 51.0 Å². The van der Waals surface area contributed by atoms with E-state index >= 15 is 0 Å². The average molecular weight is 546 g/mol. The number of nitrogens with one attached hydrogen (secondary N) is 1. The van der Waals surface area contributed by atoms with Crippen LogP contribution in [0.5, 0.6) is 11.5 Å². The van der Waals surface area contributed by atoms with Gasteiger partial charge in [0.05, 0.1) is 0 Å². The predicted octanol–water partition coefficient (Wildman–Crippen LogP) is 6.36. The molecule has 6 rings (SSSR count). The molecule has 6 heteroatoms. The summed E-state index contributed by atoms with van der Waals surface area (Å²) in [6.07, 6.45) is 3.44. The molecular formula is C35H35N3O3. The minimum Gasteiger partial charge on any atom is -0.454 e. The van der Waals surface area contributed by atoms with Crippen LogP contribution in [0, 0.1) is 6.92 Å². The van der Waals surface area contributed by atoms with Crippen molar-refractivity contribution in [3.05, 3.63) is 119 Å². The highest BCUT2D eigenvalue weighted by molar-refractivity contribution is 6.02. The van der Waals surface area contributed by atoms with Crippen LogP contribution in [0.25, 0.3) is 17.2 Å². The summed E-state index contributed by atoms with van der Waals surface area (Å²) in [7, 11) is 0. The molecule has 2 aliphatic rings. The van der Waals surface area contributed by atoms with Gasteiger partial charge in [0.2, 0.25) is 12.7 Å². The Bertz CT molecular complexity index is 1520. The Morgan fingerprint density at radius 3 is 2.20 bits per heavy atom. The third-order valence-corrected chi connectivity index (χ3v) is 7.63. The fourth-order valence-corrected chi connectivity index (χ4v) is 5.28. The highest BCUT2D eigenvalue weighted by atomic mass is 16.7. The Hall–Kier alpha value is -4.39. The number of piperazine rings is 1. The smallest absolute Gasteiger partial charge is 0.248 e. The van der Waals surface area contributed by atoms with Crippen molar-refractivity contribution in [3.8, 4) is 22.6 Å². The summed E-state index contributed by atoms with van der Waals surface area (Å²) < 4.78 is 10.9. The van der Waals surface area contributed by atoms with Crippen LogP contribution >= 0.6 is 0 Å². The molecule has 1 saturated heterocycles. The van der Waals surface area contributed by atoms with E-state index in [1.807, 2.05) is 36.4 Å². The van der Waals surface area contributed by atoms with Crippen LogP contribution in [0.1, 0.15) is 22.3 Å². The maximum Gasteiger partial charge on any atom is 0.248 e. The molecule has 4 aromatic rings. The molecule has 0 aromatic heterocycles. The second-order valence-corrected chi connectivity index (χ2v) is 10.8. The first-order chi connectivity index (χ1) is 20.1. The van der Waals surface area contributed by atoms with Gasteiger partial charge in [0.15, 0.2) is 11.5 Å². The van der Waals surface area contributed by atoms with Crippen molar-refractivity contribution in [2.45, 2.75) is 20.0 Å². The van der Waals surface area contributed by atoms with Gasteiger partial charge < -0.3 is 14.8 Å². The summed E-state index contributed by atoms with van der Waals surface area (Å²) in [5.41, 5.74) is 7.83. The van der Waals surface area contributed by atoms with Crippen LogP contribution in [-0.4, -0.2) is 48.7 Å². The molecule has 1 fully saturated rings. The van der Waals surface area contributed by atoms with Crippen molar-refractivity contribution in [2.75, 3.05) is 38.3 Å². The third kappa shape index (κ3) is 7.04. The molecule has 0 saturated carbocycles. The number of amides is 1. The largest absolute Gasteiger partial charge is 0.454 e. The molecule has 0 unspecified atom stereocenters. The number of carbonyl (C=O) groups excluding carboxylic acids is 1. The molecule has 0 bridgehead atoms. The van der Waals surface area contributed by atoms with Crippen molar-refractivity contribution in [1.82, 2.24) is 9.80 Å². The summed E-state index contributed by atoms with van der Waals surface area (Å²) in [6.45, 7) is 8.34. The number of fused-ring (bicyclic) bond motifs is 1. The molecule has 0 atom stereocenters. The zero-order chi connectivity index (χ0) is 28.0. The van der Waals surface area contributed by atoms with Gasteiger partial charge in [-0.1, -0.05) is 66.2 Å². The van der Waals surface area contributed by atoms with Crippen molar-refractivity contribution >= 4 is 17.7 Å². The van der Waals surface area contributed by atoms with Crippen LogP contribution < -0.4 is 14.8 Å². The van der Waals surface area contributed by atoms with Gasteiger partial charge in [-0.25, -0.2) is 0 Å². The normalized spacial score (nSPS) is 15.3. The minimum atomic E-state index is -0.142. The topological polar surface area (TPSA) is 54.0 Å². The summed E-state index contributed by atoms with van der Waals surface area (Å²) in [5.74, 6) is 1.54. The fraction of sp³-hybridized carbons (Fsp3) is 0.229. The van der Waals surface area contributed by atoms with Crippen LogP contribution in [0.3, 0.4) is 0 Å². The van der Waals surface area contributed by atoms with E-state index < -0.39 is 0 Å².